The fourth-order valence-corrected chi connectivity index (χ4v) is 1.66. The molecule has 0 aliphatic heterocycles. The van der Waals surface area contributed by atoms with Crippen molar-refractivity contribution in [2.75, 3.05) is 24.8 Å². The minimum Gasteiger partial charge on any atom is -0.496 e. The predicted molar refractivity (Wildman–Crippen MR) is 71.9 cm³/mol. The van der Waals surface area contributed by atoms with E-state index < -0.39 is 0 Å². The Labute approximate surface area is 110 Å². The van der Waals surface area contributed by atoms with E-state index in [4.69, 9.17) is 4.74 Å². The first-order valence-electron chi connectivity index (χ1n) is 5.79. The lowest BCUT2D eigenvalue weighted by Gasteiger charge is -2.10. The summed E-state index contributed by atoms with van der Waals surface area (Å²) < 4.78 is 18.4. The quantitative estimate of drug-likeness (QED) is 0.865. The number of rotatable bonds is 5. The fourth-order valence-electron chi connectivity index (χ4n) is 1.66. The van der Waals surface area contributed by atoms with Gasteiger partial charge in [0, 0.05) is 25.2 Å². The van der Waals surface area contributed by atoms with Crippen molar-refractivity contribution in [2.24, 2.45) is 0 Å². The van der Waals surface area contributed by atoms with Gasteiger partial charge in [-0.25, -0.2) is 14.4 Å². The van der Waals surface area contributed by atoms with Crippen LogP contribution in [0.25, 0.3) is 0 Å². The van der Waals surface area contributed by atoms with Crippen LogP contribution in [-0.2, 0) is 6.54 Å². The molecule has 0 amide bonds. The SMILES string of the molecule is CNc1cc(NCc2cc(F)ccc2OC)ncn1. The highest BCUT2D eigenvalue weighted by Gasteiger charge is 2.05. The zero-order valence-electron chi connectivity index (χ0n) is 10.8. The molecule has 6 heteroatoms. The Morgan fingerprint density at radius 2 is 2.00 bits per heavy atom. The van der Waals surface area contributed by atoms with Gasteiger partial charge in [0.05, 0.1) is 7.11 Å². The summed E-state index contributed by atoms with van der Waals surface area (Å²) in [6.07, 6.45) is 1.46. The molecular formula is C13H15FN4O. The molecule has 0 bridgehead atoms. The number of nitrogens with zero attached hydrogens (tertiary/aromatic N) is 2. The summed E-state index contributed by atoms with van der Waals surface area (Å²) >= 11 is 0. The third kappa shape index (κ3) is 3.31. The van der Waals surface area contributed by atoms with E-state index in [2.05, 4.69) is 20.6 Å². The van der Waals surface area contributed by atoms with Gasteiger partial charge in [0.1, 0.15) is 29.5 Å². The number of benzene rings is 1. The number of halogens is 1. The van der Waals surface area contributed by atoms with Gasteiger partial charge in [0.2, 0.25) is 0 Å². The molecule has 0 fully saturated rings. The molecular weight excluding hydrogens is 247 g/mol. The minimum atomic E-state index is -0.295. The van der Waals surface area contributed by atoms with Crippen LogP contribution in [0.15, 0.2) is 30.6 Å². The Morgan fingerprint density at radius 1 is 1.21 bits per heavy atom. The molecule has 100 valence electrons. The summed E-state index contributed by atoms with van der Waals surface area (Å²) in [7, 11) is 3.34. The lowest BCUT2D eigenvalue weighted by Crippen LogP contribution is -2.04. The van der Waals surface area contributed by atoms with Crippen LogP contribution in [0.5, 0.6) is 5.75 Å². The summed E-state index contributed by atoms with van der Waals surface area (Å²) in [6, 6.07) is 6.18. The third-order valence-electron chi connectivity index (χ3n) is 2.63. The van der Waals surface area contributed by atoms with E-state index >= 15 is 0 Å². The van der Waals surface area contributed by atoms with Gasteiger partial charge in [-0.1, -0.05) is 0 Å². The van der Waals surface area contributed by atoms with Gasteiger partial charge in [-0.2, -0.15) is 0 Å². The zero-order chi connectivity index (χ0) is 13.7. The van der Waals surface area contributed by atoms with Crippen molar-refractivity contribution in [3.05, 3.63) is 42.0 Å². The van der Waals surface area contributed by atoms with E-state index in [1.807, 2.05) is 0 Å². The lowest BCUT2D eigenvalue weighted by molar-refractivity contribution is 0.409. The van der Waals surface area contributed by atoms with Crippen molar-refractivity contribution in [3.63, 3.8) is 0 Å². The number of ether oxygens (including phenoxy) is 1. The summed E-state index contributed by atoms with van der Waals surface area (Å²) in [5.41, 5.74) is 0.729. The number of aromatic nitrogens is 2. The smallest absolute Gasteiger partial charge is 0.131 e. The second-order valence-corrected chi connectivity index (χ2v) is 3.85. The van der Waals surface area contributed by atoms with E-state index in [0.717, 1.165) is 5.56 Å². The van der Waals surface area contributed by atoms with E-state index in [9.17, 15) is 4.39 Å². The average molecular weight is 262 g/mol. The molecule has 0 aliphatic rings. The van der Waals surface area contributed by atoms with Crippen LogP contribution in [0, 0.1) is 5.82 Å². The Balaban J connectivity index is 2.11. The maximum Gasteiger partial charge on any atom is 0.131 e. The van der Waals surface area contributed by atoms with Crippen LogP contribution in [-0.4, -0.2) is 24.1 Å². The topological polar surface area (TPSA) is 59.1 Å². The molecule has 19 heavy (non-hydrogen) atoms. The molecule has 2 N–H and O–H groups in total. The molecule has 0 aliphatic carbocycles. The van der Waals surface area contributed by atoms with E-state index in [1.165, 1.54) is 18.5 Å². The summed E-state index contributed by atoms with van der Waals surface area (Å²) in [6.45, 7) is 0.418. The maximum absolute atomic E-state index is 13.2. The molecule has 0 unspecified atom stereocenters. The average Bonchev–Trinajstić information content (AvgIpc) is 2.45. The second kappa shape index (κ2) is 5.99. The van der Waals surface area contributed by atoms with Crippen LogP contribution in [0.4, 0.5) is 16.0 Å². The molecule has 0 saturated carbocycles. The van der Waals surface area contributed by atoms with Crippen molar-refractivity contribution in [1.29, 1.82) is 0 Å². The van der Waals surface area contributed by atoms with Crippen LogP contribution >= 0.6 is 0 Å². The van der Waals surface area contributed by atoms with Crippen LogP contribution in [0.2, 0.25) is 0 Å². The summed E-state index contributed by atoms with van der Waals surface area (Å²) in [5.74, 6) is 1.71. The largest absolute Gasteiger partial charge is 0.496 e. The maximum atomic E-state index is 13.2. The normalized spacial score (nSPS) is 10.1. The van der Waals surface area contributed by atoms with Crippen molar-refractivity contribution in [1.82, 2.24) is 9.97 Å². The van der Waals surface area contributed by atoms with Crippen LogP contribution in [0.1, 0.15) is 5.56 Å². The molecule has 1 aromatic carbocycles. The molecule has 1 heterocycles. The highest BCUT2D eigenvalue weighted by Crippen LogP contribution is 2.20. The molecule has 2 rings (SSSR count). The fraction of sp³-hybridized carbons (Fsp3) is 0.231. The van der Waals surface area contributed by atoms with Crippen molar-refractivity contribution in [3.8, 4) is 5.75 Å². The number of hydrogen-bond donors (Lipinski definition) is 2. The van der Waals surface area contributed by atoms with Crippen LogP contribution < -0.4 is 15.4 Å². The molecule has 0 saturated heterocycles. The molecule has 2 aromatic rings. The Morgan fingerprint density at radius 3 is 2.74 bits per heavy atom. The van der Waals surface area contributed by atoms with Gasteiger partial charge in [-0.3, -0.25) is 0 Å². The molecule has 5 nitrogen and oxygen atoms in total. The van der Waals surface area contributed by atoms with Gasteiger partial charge >= 0.3 is 0 Å². The van der Waals surface area contributed by atoms with Crippen LogP contribution in [0.3, 0.4) is 0 Å². The van der Waals surface area contributed by atoms with Gasteiger partial charge in [-0.05, 0) is 18.2 Å². The molecule has 1 aromatic heterocycles. The van der Waals surface area contributed by atoms with Crippen molar-refractivity contribution in [2.45, 2.75) is 6.54 Å². The molecule has 0 radical (unpaired) electrons. The lowest BCUT2D eigenvalue weighted by atomic mass is 10.2. The Kier molecular flexibility index (Phi) is 4.12. The third-order valence-corrected chi connectivity index (χ3v) is 2.63. The number of anilines is 2. The minimum absolute atomic E-state index is 0.295. The number of nitrogens with one attached hydrogen (secondary N) is 2. The predicted octanol–water partition coefficient (Wildman–Crippen LogP) is 2.28. The Bertz CT molecular complexity index is 562. The monoisotopic (exact) mass is 262 g/mol. The first-order chi connectivity index (χ1) is 9.22. The number of hydrogen-bond acceptors (Lipinski definition) is 5. The standard InChI is InChI=1S/C13H15FN4O/c1-15-12-6-13(18-8-17-12)16-7-9-5-10(14)3-4-11(9)19-2/h3-6,8H,7H2,1-2H3,(H2,15,16,17,18). The van der Waals surface area contributed by atoms with Crippen molar-refractivity contribution < 1.29 is 9.13 Å². The number of methoxy groups -OCH3 is 1. The summed E-state index contributed by atoms with van der Waals surface area (Å²) in [4.78, 5) is 8.10. The second-order valence-electron chi connectivity index (χ2n) is 3.85. The first kappa shape index (κ1) is 13.1. The van der Waals surface area contributed by atoms with Gasteiger partial charge < -0.3 is 15.4 Å². The highest BCUT2D eigenvalue weighted by atomic mass is 19.1. The molecule has 0 atom stereocenters. The van der Waals surface area contributed by atoms with E-state index in [-0.39, 0.29) is 5.82 Å². The van der Waals surface area contributed by atoms with Gasteiger partial charge in [0.15, 0.2) is 0 Å². The first-order valence-corrected chi connectivity index (χ1v) is 5.79. The van der Waals surface area contributed by atoms with E-state index in [1.54, 1.807) is 26.3 Å². The summed E-state index contributed by atoms with van der Waals surface area (Å²) in [5, 5.41) is 6.02. The van der Waals surface area contributed by atoms with Gasteiger partial charge in [0.25, 0.3) is 0 Å². The van der Waals surface area contributed by atoms with Crippen molar-refractivity contribution >= 4 is 11.6 Å². The van der Waals surface area contributed by atoms with E-state index in [0.29, 0.717) is 23.9 Å². The molecule has 0 spiro atoms. The highest BCUT2D eigenvalue weighted by molar-refractivity contribution is 5.47. The van der Waals surface area contributed by atoms with Gasteiger partial charge in [-0.15, -0.1) is 0 Å². The zero-order valence-corrected chi connectivity index (χ0v) is 10.8. The Hall–Kier alpha value is -2.37.